The molecule has 0 saturated heterocycles. The van der Waals surface area contributed by atoms with Crippen molar-refractivity contribution in [3.63, 3.8) is 0 Å². The van der Waals surface area contributed by atoms with Crippen LogP contribution in [0.2, 0.25) is 0 Å². The van der Waals surface area contributed by atoms with E-state index in [0.717, 1.165) is 23.8 Å². The van der Waals surface area contributed by atoms with E-state index in [4.69, 9.17) is 10.3 Å². The van der Waals surface area contributed by atoms with Gasteiger partial charge in [-0.05, 0) is 35.5 Å². The zero-order chi connectivity index (χ0) is 16.5. The highest BCUT2D eigenvalue weighted by atomic mass is 16.5. The number of nitrogens with two attached hydrogens (primary N) is 1. The van der Waals surface area contributed by atoms with Crippen LogP contribution in [-0.4, -0.2) is 20.7 Å². The van der Waals surface area contributed by atoms with Crippen LogP contribution in [0, 0.1) is 11.8 Å². The van der Waals surface area contributed by atoms with Crippen molar-refractivity contribution in [2.24, 2.45) is 17.0 Å². The van der Waals surface area contributed by atoms with Crippen LogP contribution < -0.4 is 15.2 Å². The van der Waals surface area contributed by atoms with Crippen molar-refractivity contribution >= 4 is 11.4 Å². The molecule has 4 nitrogen and oxygen atoms in total. The van der Waals surface area contributed by atoms with Crippen molar-refractivity contribution in [3.05, 3.63) is 18.2 Å². The Morgan fingerprint density at radius 1 is 1.14 bits per heavy atom. The third kappa shape index (κ3) is 6.46. The summed E-state index contributed by atoms with van der Waals surface area (Å²) >= 11 is 0. The summed E-state index contributed by atoms with van der Waals surface area (Å²) in [5.74, 6) is 2.25. The van der Waals surface area contributed by atoms with E-state index in [1.807, 2.05) is 37.2 Å². The maximum absolute atomic E-state index is 5.92. The second kappa shape index (κ2) is 9.44. The SMILES string of the molecule is CC(C)CCCC(C)CCOc1cc(N(C)C)ccc1N=[NH2+]. The van der Waals surface area contributed by atoms with Gasteiger partial charge in [-0.25, -0.2) is 0 Å². The lowest BCUT2D eigenvalue weighted by Crippen LogP contribution is -2.22. The predicted molar refractivity (Wildman–Crippen MR) is 92.7 cm³/mol. The van der Waals surface area contributed by atoms with Gasteiger partial charge in [0.15, 0.2) is 11.4 Å². The maximum Gasteiger partial charge on any atom is 0.171 e. The van der Waals surface area contributed by atoms with Gasteiger partial charge in [0.2, 0.25) is 0 Å². The van der Waals surface area contributed by atoms with Gasteiger partial charge >= 0.3 is 0 Å². The summed E-state index contributed by atoms with van der Waals surface area (Å²) < 4.78 is 5.92. The summed E-state index contributed by atoms with van der Waals surface area (Å²) in [6.07, 6.45) is 4.95. The highest BCUT2D eigenvalue weighted by Crippen LogP contribution is 2.31. The van der Waals surface area contributed by atoms with E-state index in [1.54, 1.807) is 0 Å². The molecule has 0 aliphatic rings. The first-order chi connectivity index (χ1) is 10.4. The zero-order valence-electron chi connectivity index (χ0n) is 14.8. The Bertz CT molecular complexity index is 458. The average Bonchev–Trinajstić information content (AvgIpc) is 2.46. The fourth-order valence-electron chi connectivity index (χ4n) is 2.39. The number of anilines is 1. The molecule has 0 bridgehead atoms. The summed E-state index contributed by atoms with van der Waals surface area (Å²) in [4.78, 5) is 2.04. The molecule has 0 saturated carbocycles. The molecule has 0 aliphatic heterocycles. The molecular formula is C18H32N3O+. The van der Waals surface area contributed by atoms with E-state index in [1.165, 1.54) is 19.3 Å². The molecule has 0 amide bonds. The minimum absolute atomic E-state index is 0.689. The minimum Gasteiger partial charge on any atom is -0.491 e. The standard InChI is InChI=1S/C18H31N3O/c1-14(2)7-6-8-15(3)11-12-22-18-13-16(21(4)5)9-10-17(18)20-19/h9-10,13-15,19H,6-8,11-12H2,1-5H3/p+1. The Morgan fingerprint density at radius 3 is 2.45 bits per heavy atom. The molecule has 1 rings (SSSR count). The summed E-state index contributed by atoms with van der Waals surface area (Å²) in [5, 5.41) is 3.79. The van der Waals surface area contributed by atoms with Crippen molar-refractivity contribution in [2.75, 3.05) is 25.6 Å². The van der Waals surface area contributed by atoms with Gasteiger partial charge in [0.1, 0.15) is 0 Å². The van der Waals surface area contributed by atoms with E-state index in [0.29, 0.717) is 18.2 Å². The summed E-state index contributed by atoms with van der Waals surface area (Å²) in [6, 6.07) is 5.89. The van der Waals surface area contributed by atoms with Crippen LogP contribution >= 0.6 is 0 Å². The normalized spacial score (nSPS) is 12.3. The molecule has 1 aromatic carbocycles. The molecule has 0 radical (unpaired) electrons. The van der Waals surface area contributed by atoms with Crippen LogP contribution in [0.15, 0.2) is 23.3 Å². The van der Waals surface area contributed by atoms with Crippen molar-refractivity contribution in [2.45, 2.75) is 46.5 Å². The van der Waals surface area contributed by atoms with Gasteiger partial charge in [-0.2, -0.15) is 5.53 Å². The molecular weight excluding hydrogens is 274 g/mol. The number of ether oxygens (including phenoxy) is 1. The van der Waals surface area contributed by atoms with Gasteiger partial charge in [0.05, 0.1) is 6.61 Å². The lowest BCUT2D eigenvalue weighted by molar-refractivity contribution is -0.210. The molecule has 1 atom stereocenters. The molecule has 0 aromatic heterocycles. The smallest absolute Gasteiger partial charge is 0.171 e. The molecule has 22 heavy (non-hydrogen) atoms. The van der Waals surface area contributed by atoms with Gasteiger partial charge in [-0.3, -0.25) is 0 Å². The minimum atomic E-state index is 0.689. The number of benzene rings is 1. The first kappa shape index (κ1) is 18.5. The zero-order valence-corrected chi connectivity index (χ0v) is 14.8. The molecule has 0 heterocycles. The van der Waals surface area contributed by atoms with Crippen LogP contribution in [0.3, 0.4) is 0 Å². The highest BCUT2D eigenvalue weighted by molar-refractivity contribution is 5.61. The predicted octanol–water partition coefficient (Wildman–Crippen LogP) is 3.83. The fourth-order valence-corrected chi connectivity index (χ4v) is 2.39. The molecule has 0 fully saturated rings. The van der Waals surface area contributed by atoms with Crippen LogP contribution in [0.4, 0.5) is 11.4 Å². The second-order valence-electron chi connectivity index (χ2n) is 6.74. The van der Waals surface area contributed by atoms with E-state index in [2.05, 4.69) is 25.9 Å². The Labute approximate surface area is 135 Å². The monoisotopic (exact) mass is 306 g/mol. The van der Waals surface area contributed by atoms with Crippen molar-refractivity contribution in [1.82, 2.24) is 0 Å². The summed E-state index contributed by atoms with van der Waals surface area (Å²) in [6.45, 7) is 7.57. The molecule has 0 spiro atoms. The summed E-state index contributed by atoms with van der Waals surface area (Å²) in [7, 11) is 4.02. The molecule has 1 unspecified atom stereocenters. The fraction of sp³-hybridized carbons (Fsp3) is 0.667. The van der Waals surface area contributed by atoms with Crippen molar-refractivity contribution < 1.29 is 10.3 Å². The topological polar surface area (TPSA) is 50.4 Å². The Hall–Kier alpha value is -1.58. The van der Waals surface area contributed by atoms with Gasteiger partial charge in [-0.1, -0.05) is 40.0 Å². The third-order valence-electron chi connectivity index (χ3n) is 3.95. The van der Waals surface area contributed by atoms with Crippen molar-refractivity contribution in [3.8, 4) is 5.75 Å². The van der Waals surface area contributed by atoms with Crippen LogP contribution in [0.25, 0.3) is 0 Å². The number of hydrogen-bond donors (Lipinski definition) is 1. The molecule has 2 N–H and O–H groups in total. The molecule has 0 aliphatic carbocycles. The van der Waals surface area contributed by atoms with E-state index in [-0.39, 0.29) is 0 Å². The largest absolute Gasteiger partial charge is 0.491 e. The quantitative estimate of drug-likeness (QED) is 0.668. The Kier molecular flexibility index (Phi) is 7.92. The van der Waals surface area contributed by atoms with Gasteiger partial charge in [0.25, 0.3) is 0 Å². The maximum atomic E-state index is 5.92. The second-order valence-corrected chi connectivity index (χ2v) is 6.74. The van der Waals surface area contributed by atoms with E-state index < -0.39 is 0 Å². The molecule has 1 aromatic rings. The first-order valence-corrected chi connectivity index (χ1v) is 8.29. The summed E-state index contributed by atoms with van der Waals surface area (Å²) in [5.41, 5.74) is 7.23. The molecule has 124 valence electrons. The van der Waals surface area contributed by atoms with Crippen LogP contribution in [-0.2, 0) is 0 Å². The van der Waals surface area contributed by atoms with E-state index in [9.17, 15) is 0 Å². The Balaban J connectivity index is 2.46. The third-order valence-corrected chi connectivity index (χ3v) is 3.95. The molecule has 4 heteroatoms. The van der Waals surface area contributed by atoms with Gasteiger partial charge in [0, 0.05) is 25.8 Å². The number of nitrogens with zero attached hydrogens (tertiary/aromatic N) is 2. The van der Waals surface area contributed by atoms with Crippen molar-refractivity contribution in [1.29, 1.82) is 0 Å². The van der Waals surface area contributed by atoms with E-state index >= 15 is 0 Å². The van der Waals surface area contributed by atoms with Crippen LogP contribution in [0.1, 0.15) is 46.5 Å². The van der Waals surface area contributed by atoms with Crippen LogP contribution in [0.5, 0.6) is 5.75 Å². The number of hydrogen-bond acceptors (Lipinski definition) is 3. The van der Waals surface area contributed by atoms with Gasteiger partial charge < -0.3 is 9.64 Å². The Morgan fingerprint density at radius 2 is 1.86 bits per heavy atom. The lowest BCUT2D eigenvalue weighted by atomic mass is 9.98. The van der Waals surface area contributed by atoms with Gasteiger partial charge in [-0.15, -0.1) is 0 Å². The lowest BCUT2D eigenvalue weighted by Gasteiger charge is -2.16. The average molecular weight is 306 g/mol. The first-order valence-electron chi connectivity index (χ1n) is 8.29. The number of rotatable bonds is 10. The highest BCUT2D eigenvalue weighted by Gasteiger charge is 2.09.